The molecule has 0 amide bonds. The van der Waals surface area contributed by atoms with Gasteiger partial charge in [0.15, 0.2) is 6.17 Å². The van der Waals surface area contributed by atoms with Crippen LogP contribution in [-0.2, 0) is 20.7 Å². The number of benzene rings is 2. The number of esters is 2. The molecule has 3 rings (SSSR count). The van der Waals surface area contributed by atoms with E-state index in [-0.39, 0.29) is 24.6 Å². The van der Waals surface area contributed by atoms with E-state index in [0.717, 1.165) is 81.8 Å². The minimum Gasteiger partial charge on any atom is -0.460 e. The number of carbonyl (C=O) groups is 2. The number of hydrogen-bond donors (Lipinski definition) is 0. The summed E-state index contributed by atoms with van der Waals surface area (Å²) in [7, 11) is 0. The Kier molecular flexibility index (Phi) is 14.4. The van der Waals surface area contributed by atoms with Gasteiger partial charge < -0.3 is 9.47 Å². The van der Waals surface area contributed by atoms with Crippen LogP contribution in [0.15, 0.2) is 48.5 Å². The summed E-state index contributed by atoms with van der Waals surface area (Å²) >= 11 is 0. The summed E-state index contributed by atoms with van der Waals surface area (Å²) in [4.78, 5) is 24.6. The minimum atomic E-state index is -1.48. The Bertz CT molecular complexity index is 1020. The van der Waals surface area contributed by atoms with E-state index in [4.69, 9.17) is 9.47 Å². The molecule has 0 bridgehead atoms. The van der Waals surface area contributed by atoms with E-state index in [2.05, 4.69) is 38.1 Å². The molecule has 2 aromatic rings. The van der Waals surface area contributed by atoms with Crippen LogP contribution in [0.2, 0.25) is 0 Å². The lowest BCUT2D eigenvalue weighted by molar-refractivity contribution is -0.157. The highest BCUT2D eigenvalue weighted by molar-refractivity contribution is 5.90. The van der Waals surface area contributed by atoms with E-state index in [1.165, 1.54) is 24.8 Å². The van der Waals surface area contributed by atoms with Gasteiger partial charge in [-0.15, -0.1) is 0 Å². The van der Waals surface area contributed by atoms with Crippen molar-refractivity contribution < 1.29 is 23.5 Å². The summed E-state index contributed by atoms with van der Waals surface area (Å²) in [6.07, 6.45) is 12.8. The third-order valence-corrected chi connectivity index (χ3v) is 8.42. The number of alkyl halides is 1. The highest BCUT2D eigenvalue weighted by Crippen LogP contribution is 2.30. The van der Waals surface area contributed by atoms with E-state index >= 15 is 0 Å². The summed E-state index contributed by atoms with van der Waals surface area (Å²) < 4.78 is 25.1. The predicted octanol–water partition coefficient (Wildman–Crippen LogP) is 9.82. The summed E-state index contributed by atoms with van der Waals surface area (Å²) in [5, 5.41) is 0. The standard InChI is InChI=1S/C36H51FO4/c1-4-6-8-10-11-27(3)40-35(38)32-23-21-31(22-24-32)30-19-15-28(16-20-30)13-14-29-17-25-33(26-18-29)41-36(39)34(37)12-9-7-5-2/h15-16,19-24,27,29,33-34H,4-14,17-18,25-26H2,1-3H3/t27-,29?,33?,34+/m1/s1. The Hall–Kier alpha value is -2.69. The van der Waals surface area contributed by atoms with Crippen molar-refractivity contribution in [1.82, 2.24) is 0 Å². The maximum absolute atomic E-state index is 14.0. The minimum absolute atomic E-state index is 0.0617. The van der Waals surface area contributed by atoms with Crippen molar-refractivity contribution in [3.05, 3.63) is 59.7 Å². The molecule has 0 aromatic heterocycles. The lowest BCUT2D eigenvalue weighted by Gasteiger charge is -2.28. The molecule has 1 fully saturated rings. The smallest absolute Gasteiger partial charge is 0.340 e. The molecule has 0 radical (unpaired) electrons. The molecule has 1 aliphatic carbocycles. The number of halogens is 1. The van der Waals surface area contributed by atoms with Gasteiger partial charge in [0.2, 0.25) is 0 Å². The Balaban J connectivity index is 1.38. The molecule has 1 aliphatic rings. The molecular weight excluding hydrogens is 515 g/mol. The van der Waals surface area contributed by atoms with Crippen molar-refractivity contribution in [3.63, 3.8) is 0 Å². The molecular formula is C36H51FO4. The van der Waals surface area contributed by atoms with E-state index in [9.17, 15) is 14.0 Å². The molecule has 0 spiro atoms. The zero-order valence-corrected chi connectivity index (χ0v) is 25.5. The molecule has 0 unspecified atom stereocenters. The Labute approximate surface area is 247 Å². The summed E-state index contributed by atoms with van der Waals surface area (Å²) in [5.41, 5.74) is 4.10. The number of ether oxygens (including phenoxy) is 2. The summed E-state index contributed by atoms with van der Waals surface area (Å²) in [5.74, 6) is -0.306. The van der Waals surface area contributed by atoms with Crippen LogP contribution in [0.4, 0.5) is 4.39 Å². The molecule has 1 saturated carbocycles. The topological polar surface area (TPSA) is 52.6 Å². The average molecular weight is 567 g/mol. The monoisotopic (exact) mass is 566 g/mol. The van der Waals surface area contributed by atoms with Crippen LogP contribution in [0, 0.1) is 5.92 Å². The van der Waals surface area contributed by atoms with Crippen LogP contribution in [0.3, 0.4) is 0 Å². The molecule has 0 aliphatic heterocycles. The average Bonchev–Trinajstić information content (AvgIpc) is 2.99. The maximum atomic E-state index is 14.0. The second kappa shape index (κ2) is 18.0. The van der Waals surface area contributed by atoms with Crippen molar-refractivity contribution in [2.45, 2.75) is 135 Å². The van der Waals surface area contributed by atoms with Crippen molar-refractivity contribution in [3.8, 4) is 11.1 Å². The van der Waals surface area contributed by atoms with Crippen LogP contribution in [0.25, 0.3) is 11.1 Å². The van der Waals surface area contributed by atoms with E-state index < -0.39 is 12.1 Å². The first-order valence-electron chi connectivity index (χ1n) is 16.1. The second-order valence-corrected chi connectivity index (χ2v) is 11.9. The third-order valence-electron chi connectivity index (χ3n) is 8.42. The Morgan fingerprint density at radius 1 is 0.805 bits per heavy atom. The number of hydrogen-bond acceptors (Lipinski definition) is 4. The number of unbranched alkanes of at least 4 members (excludes halogenated alkanes) is 5. The fourth-order valence-electron chi connectivity index (χ4n) is 5.67. The van der Waals surface area contributed by atoms with Crippen LogP contribution in [-0.4, -0.2) is 30.3 Å². The van der Waals surface area contributed by atoms with Gasteiger partial charge in [-0.1, -0.05) is 82.3 Å². The van der Waals surface area contributed by atoms with Crippen LogP contribution in [0.5, 0.6) is 0 Å². The highest BCUT2D eigenvalue weighted by atomic mass is 19.1. The lowest BCUT2D eigenvalue weighted by atomic mass is 9.83. The molecule has 5 heteroatoms. The number of aryl methyl sites for hydroxylation is 1. The zero-order valence-electron chi connectivity index (χ0n) is 25.5. The first-order chi connectivity index (χ1) is 19.9. The van der Waals surface area contributed by atoms with Crippen molar-refractivity contribution in [2.24, 2.45) is 5.92 Å². The highest BCUT2D eigenvalue weighted by Gasteiger charge is 2.27. The van der Waals surface area contributed by atoms with Gasteiger partial charge in [0.25, 0.3) is 0 Å². The van der Waals surface area contributed by atoms with Gasteiger partial charge in [0.05, 0.1) is 11.7 Å². The molecule has 2 atom stereocenters. The molecule has 0 heterocycles. The molecule has 0 saturated heterocycles. The van der Waals surface area contributed by atoms with Gasteiger partial charge in [0, 0.05) is 0 Å². The Morgan fingerprint density at radius 3 is 2.02 bits per heavy atom. The SMILES string of the molecule is CCCCCC[C@@H](C)OC(=O)c1ccc(-c2ccc(CCC3CCC(OC(=O)[C@@H](F)CCCCC)CC3)cc2)cc1. The number of rotatable bonds is 17. The van der Waals surface area contributed by atoms with Crippen LogP contribution >= 0.6 is 0 Å². The van der Waals surface area contributed by atoms with E-state index in [1.807, 2.05) is 31.2 Å². The quantitative estimate of drug-likeness (QED) is 0.141. The molecule has 4 nitrogen and oxygen atoms in total. The number of carbonyl (C=O) groups excluding carboxylic acids is 2. The van der Waals surface area contributed by atoms with Gasteiger partial charge in [-0.2, -0.15) is 0 Å². The third kappa shape index (κ3) is 11.6. The first-order valence-corrected chi connectivity index (χ1v) is 16.1. The first kappa shape index (κ1) is 32.8. The van der Waals surface area contributed by atoms with Crippen molar-refractivity contribution in [2.75, 3.05) is 0 Å². The maximum Gasteiger partial charge on any atom is 0.340 e. The molecule has 226 valence electrons. The van der Waals surface area contributed by atoms with Crippen LogP contribution < -0.4 is 0 Å². The second-order valence-electron chi connectivity index (χ2n) is 11.9. The van der Waals surface area contributed by atoms with Crippen molar-refractivity contribution in [1.29, 1.82) is 0 Å². The van der Waals surface area contributed by atoms with Crippen molar-refractivity contribution >= 4 is 11.9 Å². The van der Waals surface area contributed by atoms with Gasteiger partial charge in [0.1, 0.15) is 6.10 Å². The normalized spacial score (nSPS) is 18.4. The lowest BCUT2D eigenvalue weighted by Crippen LogP contribution is -2.29. The molecule has 0 N–H and O–H groups in total. The predicted molar refractivity (Wildman–Crippen MR) is 165 cm³/mol. The summed E-state index contributed by atoms with van der Waals surface area (Å²) in [6, 6.07) is 16.3. The fourth-order valence-corrected chi connectivity index (χ4v) is 5.67. The van der Waals surface area contributed by atoms with Gasteiger partial charge in [-0.05, 0) is 106 Å². The molecule has 41 heavy (non-hydrogen) atoms. The summed E-state index contributed by atoms with van der Waals surface area (Å²) in [6.45, 7) is 6.23. The zero-order chi connectivity index (χ0) is 29.5. The van der Waals surface area contributed by atoms with Crippen LogP contribution in [0.1, 0.15) is 127 Å². The Morgan fingerprint density at radius 2 is 1.39 bits per heavy atom. The largest absolute Gasteiger partial charge is 0.460 e. The van der Waals surface area contributed by atoms with E-state index in [0.29, 0.717) is 11.5 Å². The van der Waals surface area contributed by atoms with Gasteiger partial charge >= 0.3 is 11.9 Å². The molecule has 2 aromatic carbocycles. The van der Waals surface area contributed by atoms with E-state index in [1.54, 1.807) is 0 Å². The fraction of sp³-hybridized carbons (Fsp3) is 0.611. The van der Waals surface area contributed by atoms with Gasteiger partial charge in [-0.25, -0.2) is 14.0 Å². The van der Waals surface area contributed by atoms with Gasteiger partial charge in [-0.3, -0.25) is 0 Å².